The zero-order valence-corrected chi connectivity index (χ0v) is 14.0. The molecule has 0 atom stereocenters. The summed E-state index contributed by atoms with van der Waals surface area (Å²) in [7, 11) is 0. The molecule has 1 aliphatic rings. The Hall–Kier alpha value is -3.09. The smallest absolute Gasteiger partial charge is 0.257 e. The first-order valence-corrected chi connectivity index (χ1v) is 8.26. The molecule has 25 heavy (non-hydrogen) atoms. The molecule has 3 aromatic heterocycles. The number of rotatable bonds is 3. The topological polar surface area (TPSA) is 67.4 Å². The van der Waals surface area contributed by atoms with Crippen molar-refractivity contribution in [1.82, 2.24) is 19.4 Å². The van der Waals surface area contributed by atoms with Gasteiger partial charge in [0.15, 0.2) is 0 Å². The SMILES string of the molecule is Cc1nc(N2CCN(C(=O)c3ccoc3)CC2)cc(-n2cccc2)n1. The molecule has 128 valence electrons. The van der Waals surface area contributed by atoms with Crippen molar-refractivity contribution in [3.63, 3.8) is 0 Å². The number of piperazine rings is 1. The number of amides is 1. The molecule has 0 N–H and O–H groups in total. The summed E-state index contributed by atoms with van der Waals surface area (Å²) in [6, 6.07) is 7.63. The summed E-state index contributed by atoms with van der Waals surface area (Å²) in [5, 5.41) is 0. The van der Waals surface area contributed by atoms with Crippen LogP contribution in [0.25, 0.3) is 5.82 Å². The van der Waals surface area contributed by atoms with Gasteiger partial charge in [-0.3, -0.25) is 4.79 Å². The lowest BCUT2D eigenvalue weighted by molar-refractivity contribution is 0.0745. The maximum absolute atomic E-state index is 12.4. The minimum atomic E-state index is 0.0142. The highest BCUT2D eigenvalue weighted by molar-refractivity contribution is 5.94. The van der Waals surface area contributed by atoms with Crippen LogP contribution in [0.5, 0.6) is 0 Å². The van der Waals surface area contributed by atoms with Crippen molar-refractivity contribution in [1.29, 1.82) is 0 Å². The van der Waals surface area contributed by atoms with E-state index in [0.29, 0.717) is 18.7 Å². The third-order valence-electron chi connectivity index (χ3n) is 4.34. The third-order valence-corrected chi connectivity index (χ3v) is 4.34. The Morgan fingerprint density at radius 1 is 1.08 bits per heavy atom. The third kappa shape index (κ3) is 3.13. The van der Waals surface area contributed by atoms with Crippen LogP contribution in [0.2, 0.25) is 0 Å². The normalized spacial score (nSPS) is 14.8. The highest BCUT2D eigenvalue weighted by Gasteiger charge is 2.24. The molecule has 0 aliphatic carbocycles. The van der Waals surface area contributed by atoms with Crippen molar-refractivity contribution in [3.05, 3.63) is 60.6 Å². The Morgan fingerprint density at radius 2 is 1.80 bits per heavy atom. The van der Waals surface area contributed by atoms with Gasteiger partial charge in [-0.2, -0.15) is 0 Å². The number of nitrogens with zero attached hydrogens (tertiary/aromatic N) is 5. The van der Waals surface area contributed by atoms with Crippen molar-refractivity contribution >= 4 is 11.7 Å². The molecule has 0 aromatic carbocycles. The van der Waals surface area contributed by atoms with Crippen molar-refractivity contribution in [2.75, 3.05) is 31.1 Å². The largest absolute Gasteiger partial charge is 0.472 e. The molecule has 3 aromatic rings. The van der Waals surface area contributed by atoms with E-state index in [1.54, 1.807) is 6.07 Å². The minimum Gasteiger partial charge on any atom is -0.472 e. The average Bonchev–Trinajstić information content (AvgIpc) is 3.34. The van der Waals surface area contributed by atoms with E-state index >= 15 is 0 Å². The van der Waals surface area contributed by atoms with Gasteiger partial charge >= 0.3 is 0 Å². The molecular formula is C18H19N5O2. The molecule has 4 rings (SSSR count). The average molecular weight is 337 g/mol. The molecule has 0 spiro atoms. The molecule has 4 heterocycles. The summed E-state index contributed by atoms with van der Waals surface area (Å²) in [6.45, 7) is 4.70. The molecule has 7 nitrogen and oxygen atoms in total. The predicted molar refractivity (Wildman–Crippen MR) is 92.9 cm³/mol. The van der Waals surface area contributed by atoms with Gasteiger partial charge in [-0.15, -0.1) is 0 Å². The van der Waals surface area contributed by atoms with Crippen LogP contribution in [0.4, 0.5) is 5.82 Å². The fourth-order valence-electron chi connectivity index (χ4n) is 3.03. The van der Waals surface area contributed by atoms with Crippen LogP contribution in [0.15, 0.2) is 53.6 Å². The van der Waals surface area contributed by atoms with Crippen molar-refractivity contribution < 1.29 is 9.21 Å². The molecule has 0 unspecified atom stereocenters. The van der Waals surface area contributed by atoms with E-state index in [2.05, 4.69) is 14.9 Å². The van der Waals surface area contributed by atoms with Gasteiger partial charge in [0.05, 0.1) is 11.8 Å². The summed E-state index contributed by atoms with van der Waals surface area (Å²) in [6.07, 6.45) is 6.95. The van der Waals surface area contributed by atoms with Crippen LogP contribution in [0, 0.1) is 6.92 Å². The summed E-state index contributed by atoms with van der Waals surface area (Å²) in [5.74, 6) is 2.49. The number of aryl methyl sites for hydroxylation is 1. The Balaban J connectivity index is 1.48. The Morgan fingerprint density at radius 3 is 2.48 bits per heavy atom. The van der Waals surface area contributed by atoms with Gasteiger partial charge in [0.25, 0.3) is 5.91 Å². The monoisotopic (exact) mass is 337 g/mol. The van der Waals surface area contributed by atoms with Crippen molar-refractivity contribution in [2.24, 2.45) is 0 Å². The van der Waals surface area contributed by atoms with Crippen molar-refractivity contribution in [3.8, 4) is 5.82 Å². The predicted octanol–water partition coefficient (Wildman–Crippen LogP) is 2.13. The maximum Gasteiger partial charge on any atom is 0.257 e. The molecule has 1 fully saturated rings. The highest BCUT2D eigenvalue weighted by atomic mass is 16.3. The summed E-state index contributed by atoms with van der Waals surface area (Å²) in [4.78, 5) is 25.5. The van der Waals surface area contributed by atoms with E-state index in [1.165, 1.54) is 12.5 Å². The van der Waals surface area contributed by atoms with E-state index in [-0.39, 0.29) is 5.91 Å². The first-order chi connectivity index (χ1) is 12.2. The van der Waals surface area contributed by atoms with Gasteiger partial charge < -0.3 is 18.8 Å². The summed E-state index contributed by atoms with van der Waals surface area (Å²) in [5.41, 5.74) is 0.598. The number of furan rings is 1. The lowest BCUT2D eigenvalue weighted by Crippen LogP contribution is -2.49. The van der Waals surface area contributed by atoms with Gasteiger partial charge in [0, 0.05) is 44.6 Å². The molecular weight excluding hydrogens is 318 g/mol. The molecule has 1 amide bonds. The minimum absolute atomic E-state index is 0.0142. The fraction of sp³-hybridized carbons (Fsp3) is 0.278. The number of anilines is 1. The van der Waals surface area contributed by atoms with Gasteiger partial charge in [-0.25, -0.2) is 9.97 Å². The maximum atomic E-state index is 12.4. The van der Waals surface area contributed by atoms with Crippen LogP contribution < -0.4 is 4.90 Å². The van der Waals surface area contributed by atoms with Gasteiger partial charge in [-0.1, -0.05) is 0 Å². The summed E-state index contributed by atoms with van der Waals surface area (Å²) < 4.78 is 6.97. The summed E-state index contributed by atoms with van der Waals surface area (Å²) >= 11 is 0. The molecule has 0 saturated carbocycles. The zero-order chi connectivity index (χ0) is 17.2. The quantitative estimate of drug-likeness (QED) is 0.732. The van der Waals surface area contributed by atoms with E-state index < -0.39 is 0 Å². The van der Waals surface area contributed by atoms with E-state index in [4.69, 9.17) is 4.42 Å². The van der Waals surface area contributed by atoms with Gasteiger partial charge in [0.2, 0.25) is 0 Å². The molecule has 0 bridgehead atoms. The number of carbonyl (C=O) groups excluding carboxylic acids is 1. The standard InChI is InChI=1S/C18H19N5O2/c1-14-19-16(21-5-2-3-6-21)12-17(20-14)22-7-9-23(10-8-22)18(24)15-4-11-25-13-15/h2-6,11-13H,7-10H2,1H3. The molecule has 0 radical (unpaired) electrons. The zero-order valence-electron chi connectivity index (χ0n) is 14.0. The highest BCUT2D eigenvalue weighted by Crippen LogP contribution is 2.18. The second kappa shape index (κ2) is 6.43. The van der Waals surface area contributed by atoms with Crippen LogP contribution in [-0.4, -0.2) is 51.5 Å². The van der Waals surface area contributed by atoms with E-state index in [1.807, 2.05) is 47.0 Å². The lowest BCUT2D eigenvalue weighted by atomic mass is 10.2. The van der Waals surface area contributed by atoms with E-state index in [9.17, 15) is 4.79 Å². The van der Waals surface area contributed by atoms with Gasteiger partial charge in [-0.05, 0) is 25.1 Å². The van der Waals surface area contributed by atoms with E-state index in [0.717, 1.165) is 30.5 Å². The van der Waals surface area contributed by atoms with Gasteiger partial charge in [0.1, 0.15) is 23.7 Å². The van der Waals surface area contributed by atoms with Crippen LogP contribution in [0.1, 0.15) is 16.2 Å². The molecule has 1 aliphatic heterocycles. The second-order valence-electron chi connectivity index (χ2n) is 6.01. The lowest BCUT2D eigenvalue weighted by Gasteiger charge is -2.35. The Kier molecular flexibility index (Phi) is 3.97. The fourth-order valence-corrected chi connectivity index (χ4v) is 3.03. The van der Waals surface area contributed by atoms with Crippen molar-refractivity contribution in [2.45, 2.75) is 6.92 Å². The Labute approximate surface area is 145 Å². The number of aromatic nitrogens is 3. The second-order valence-corrected chi connectivity index (χ2v) is 6.01. The Bertz CT molecular complexity index is 850. The van der Waals surface area contributed by atoms with Crippen LogP contribution in [-0.2, 0) is 0 Å². The number of hydrogen-bond acceptors (Lipinski definition) is 5. The van der Waals surface area contributed by atoms with Crippen LogP contribution in [0.3, 0.4) is 0 Å². The first kappa shape index (κ1) is 15.4. The first-order valence-electron chi connectivity index (χ1n) is 8.26. The number of hydrogen-bond donors (Lipinski definition) is 0. The molecule has 7 heteroatoms. The van der Waals surface area contributed by atoms with Crippen LogP contribution >= 0.6 is 0 Å². The number of carbonyl (C=O) groups is 1. The molecule has 1 saturated heterocycles.